The molecule has 0 fully saturated rings. The molecule has 4 aromatic rings. The lowest BCUT2D eigenvalue weighted by Crippen LogP contribution is -2.39. The van der Waals surface area contributed by atoms with Gasteiger partial charge in [-0.2, -0.15) is 31.4 Å². The minimum atomic E-state index is -5.08. The first-order chi connectivity index (χ1) is 19.2. The molecule has 41 heavy (non-hydrogen) atoms. The molecule has 0 saturated carbocycles. The second-order valence-electron chi connectivity index (χ2n) is 8.62. The molecule has 2 aromatic heterocycles. The topological polar surface area (TPSA) is 123 Å². The molecule has 0 bridgehead atoms. The lowest BCUT2D eigenvalue weighted by Gasteiger charge is -2.28. The van der Waals surface area contributed by atoms with Gasteiger partial charge >= 0.3 is 18.3 Å². The molecule has 3 heterocycles. The molecule has 5 rings (SSSR count). The van der Waals surface area contributed by atoms with Crippen molar-refractivity contribution in [3.63, 3.8) is 0 Å². The van der Waals surface area contributed by atoms with Crippen LogP contribution in [-0.4, -0.2) is 59.1 Å². The van der Waals surface area contributed by atoms with Crippen molar-refractivity contribution < 1.29 is 45.4 Å². The summed E-state index contributed by atoms with van der Waals surface area (Å²) in [5, 5.41) is 18.5. The maximum absolute atomic E-state index is 14.6. The van der Waals surface area contributed by atoms with E-state index in [1.807, 2.05) is 0 Å². The summed E-state index contributed by atoms with van der Waals surface area (Å²) in [5.74, 6) is -5.32. The second kappa shape index (κ2) is 11.0. The van der Waals surface area contributed by atoms with Crippen LogP contribution in [0.4, 0.5) is 30.7 Å². The molecule has 1 aliphatic heterocycles. The third-order valence-corrected chi connectivity index (χ3v) is 5.89. The molecule has 10 nitrogen and oxygen atoms in total. The van der Waals surface area contributed by atoms with Crippen LogP contribution in [0.3, 0.4) is 0 Å². The summed E-state index contributed by atoms with van der Waals surface area (Å²) in [6.45, 7) is -0.262. The van der Waals surface area contributed by atoms with Crippen LogP contribution in [-0.2, 0) is 30.6 Å². The minimum Gasteiger partial charge on any atom is -0.475 e. The number of aromatic nitrogens is 5. The zero-order valence-corrected chi connectivity index (χ0v) is 20.4. The zero-order valence-electron chi connectivity index (χ0n) is 20.4. The Kier molecular flexibility index (Phi) is 7.81. The van der Waals surface area contributed by atoms with Gasteiger partial charge in [0.05, 0.1) is 30.4 Å². The van der Waals surface area contributed by atoms with Crippen molar-refractivity contribution in [1.29, 1.82) is 0 Å². The number of benzene rings is 2. The summed E-state index contributed by atoms with van der Waals surface area (Å²) in [4.78, 5) is 35.2. The number of carbonyl (C=O) groups excluding carboxylic acids is 1. The number of para-hydroxylation sites is 1. The molecule has 1 aliphatic rings. The molecular formula is C24H17F7N6O4. The van der Waals surface area contributed by atoms with Crippen molar-refractivity contribution >= 4 is 22.8 Å². The fraction of sp³-hybridized carbons (Fsp3) is 0.250. The molecule has 1 amide bonds. The van der Waals surface area contributed by atoms with Gasteiger partial charge in [-0.15, -0.1) is 10.2 Å². The largest absolute Gasteiger partial charge is 0.490 e. The van der Waals surface area contributed by atoms with Crippen molar-refractivity contribution in [3.8, 4) is 0 Å². The van der Waals surface area contributed by atoms with E-state index in [0.29, 0.717) is 16.5 Å². The average molecular weight is 586 g/mol. The Labute approximate surface area is 224 Å². The molecule has 0 spiro atoms. The van der Waals surface area contributed by atoms with Gasteiger partial charge in [0.25, 0.3) is 5.91 Å². The third-order valence-electron chi connectivity index (χ3n) is 5.89. The second-order valence-corrected chi connectivity index (χ2v) is 8.62. The van der Waals surface area contributed by atoms with E-state index in [2.05, 4.69) is 15.3 Å². The number of alkyl halides is 6. The smallest absolute Gasteiger partial charge is 0.475 e. The summed E-state index contributed by atoms with van der Waals surface area (Å²) < 4.78 is 88.0. The van der Waals surface area contributed by atoms with Crippen molar-refractivity contribution in [2.45, 2.75) is 32.0 Å². The monoisotopic (exact) mass is 586 g/mol. The first-order valence-electron chi connectivity index (χ1n) is 11.5. The Morgan fingerprint density at radius 3 is 2.32 bits per heavy atom. The van der Waals surface area contributed by atoms with Crippen LogP contribution in [0.5, 0.6) is 0 Å². The zero-order chi connectivity index (χ0) is 30.1. The van der Waals surface area contributed by atoms with Gasteiger partial charge < -0.3 is 14.6 Å². The number of nitrogens with zero attached hydrogens (tertiary/aromatic N) is 6. The number of amides is 1. The number of hydrogen-bond donors (Lipinski definition) is 1. The quantitative estimate of drug-likeness (QED) is 0.365. The van der Waals surface area contributed by atoms with E-state index >= 15 is 0 Å². The number of carboxylic acids is 1. The maximum atomic E-state index is 14.6. The predicted molar refractivity (Wildman–Crippen MR) is 125 cm³/mol. The first kappa shape index (κ1) is 29.2. The van der Waals surface area contributed by atoms with Gasteiger partial charge in [-0.3, -0.25) is 14.3 Å². The fourth-order valence-electron chi connectivity index (χ4n) is 4.01. The Morgan fingerprint density at radius 2 is 1.66 bits per heavy atom. The van der Waals surface area contributed by atoms with E-state index in [1.165, 1.54) is 23.2 Å². The number of halogens is 7. The lowest BCUT2D eigenvalue weighted by atomic mass is 10.1. The van der Waals surface area contributed by atoms with Gasteiger partial charge in [0.15, 0.2) is 5.82 Å². The number of carboxylic acid groups (broad SMARTS) is 1. The summed E-state index contributed by atoms with van der Waals surface area (Å²) >= 11 is 0. The highest BCUT2D eigenvalue weighted by atomic mass is 19.4. The Balaban J connectivity index is 0.000000493. The van der Waals surface area contributed by atoms with E-state index in [4.69, 9.17) is 9.90 Å². The number of fused-ring (bicyclic) bond motifs is 2. The van der Waals surface area contributed by atoms with Crippen molar-refractivity contribution in [1.82, 2.24) is 29.4 Å². The summed E-state index contributed by atoms with van der Waals surface area (Å²) in [6.07, 6.45) is -8.55. The van der Waals surface area contributed by atoms with E-state index in [-0.39, 0.29) is 43.0 Å². The van der Waals surface area contributed by atoms with E-state index in [9.17, 15) is 40.3 Å². The fourth-order valence-corrected chi connectivity index (χ4v) is 4.01. The van der Waals surface area contributed by atoms with E-state index < -0.39 is 35.9 Å². The van der Waals surface area contributed by atoms with Gasteiger partial charge in [-0.25, -0.2) is 9.18 Å². The number of hydrogen-bond acceptors (Lipinski definition) is 6. The molecular weight excluding hydrogens is 569 g/mol. The summed E-state index contributed by atoms with van der Waals surface area (Å²) in [5.41, 5.74) is 0.703. The average Bonchev–Trinajstić information content (AvgIpc) is 3.35. The third kappa shape index (κ3) is 6.33. The van der Waals surface area contributed by atoms with Gasteiger partial charge in [0.1, 0.15) is 5.82 Å². The molecule has 0 radical (unpaired) electrons. The predicted octanol–water partition coefficient (Wildman–Crippen LogP) is 3.48. The number of aliphatic carboxylic acids is 1. The van der Waals surface area contributed by atoms with Gasteiger partial charge in [-0.1, -0.05) is 18.2 Å². The highest BCUT2D eigenvalue weighted by molar-refractivity contribution is 5.94. The summed E-state index contributed by atoms with van der Waals surface area (Å²) in [7, 11) is 0. The Hall–Kier alpha value is -4.83. The molecule has 1 N–H and O–H groups in total. The number of rotatable bonds is 3. The van der Waals surface area contributed by atoms with Crippen molar-refractivity contribution in [3.05, 3.63) is 87.5 Å². The van der Waals surface area contributed by atoms with Crippen LogP contribution in [0.1, 0.15) is 27.6 Å². The normalized spacial score (nSPS) is 13.4. The Bertz CT molecular complexity index is 1680. The lowest BCUT2D eigenvalue weighted by molar-refractivity contribution is -0.192. The van der Waals surface area contributed by atoms with E-state index in [1.54, 1.807) is 28.9 Å². The van der Waals surface area contributed by atoms with Crippen LogP contribution in [0.2, 0.25) is 0 Å². The highest BCUT2D eigenvalue weighted by Gasteiger charge is 2.40. The molecule has 216 valence electrons. The number of carbonyl (C=O) groups is 2. The van der Waals surface area contributed by atoms with Crippen LogP contribution in [0, 0.1) is 5.82 Å². The maximum Gasteiger partial charge on any atom is 0.490 e. The van der Waals surface area contributed by atoms with E-state index in [0.717, 1.165) is 10.6 Å². The van der Waals surface area contributed by atoms with Crippen LogP contribution >= 0.6 is 0 Å². The van der Waals surface area contributed by atoms with Crippen molar-refractivity contribution in [2.24, 2.45) is 0 Å². The molecule has 0 atom stereocenters. The van der Waals surface area contributed by atoms with Gasteiger partial charge in [0, 0.05) is 18.5 Å². The molecule has 0 saturated heterocycles. The van der Waals surface area contributed by atoms with Gasteiger partial charge in [0.2, 0.25) is 11.3 Å². The molecule has 0 aliphatic carbocycles. The minimum absolute atomic E-state index is 0.0209. The summed E-state index contributed by atoms with van der Waals surface area (Å²) in [6, 6.07) is 10.9. The van der Waals surface area contributed by atoms with Crippen LogP contribution < -0.4 is 5.43 Å². The van der Waals surface area contributed by atoms with Gasteiger partial charge in [-0.05, 0) is 29.8 Å². The van der Waals surface area contributed by atoms with Crippen LogP contribution in [0.15, 0.2) is 53.5 Å². The highest BCUT2D eigenvalue weighted by Crippen LogP contribution is 2.30. The van der Waals surface area contributed by atoms with Crippen LogP contribution in [0.25, 0.3) is 10.9 Å². The molecule has 2 aromatic carbocycles. The molecule has 0 unspecified atom stereocenters. The first-order valence-corrected chi connectivity index (χ1v) is 11.5. The SMILES string of the molecule is O=C(O)C(F)(F)F.O=C(c1cc(Cn2ncc(=O)c3ccccc32)ccc1F)N1CCn2c(nnc2C(F)(F)F)C1. The standard InChI is InChI=1S/C22H16F4N6O2.C2HF3O2/c23-16-6-5-13(11-32-17-4-2-1-3-14(17)18(33)10-27-32)9-15(16)20(34)30-7-8-31-19(12-30)28-29-21(31)22(24,25)26;3-2(4,5)1(6)7/h1-6,9-10H,7-8,11-12H2;(H,6,7). The van der Waals surface area contributed by atoms with Crippen molar-refractivity contribution in [2.75, 3.05) is 6.54 Å². The Morgan fingerprint density at radius 1 is 0.976 bits per heavy atom. The molecule has 17 heteroatoms.